The van der Waals surface area contributed by atoms with E-state index < -0.39 is 6.37 Å². The van der Waals surface area contributed by atoms with Crippen molar-refractivity contribution in [1.29, 1.82) is 0 Å². The molecule has 6 heteroatoms. The SMILES string of the molecule is [2H]C([2H])(c1cccc(-[n+]2[c-]n(-c3cc(Oc4ccc5c6ccccc6n(-c6cc(C(C)(C)C)ccn6)c5c4)cc(C(C)(C)C)n3)c3ccccc32)c1)C(C)C. The molecule has 0 fully saturated rings. The molecule has 0 unspecified atom stereocenters. The summed E-state index contributed by atoms with van der Waals surface area (Å²) >= 11 is 0. The van der Waals surface area contributed by atoms with E-state index in [2.05, 4.69) is 113 Å². The summed E-state index contributed by atoms with van der Waals surface area (Å²) in [6.07, 6.45) is 3.98. The molecule has 0 aliphatic heterocycles. The largest absolute Gasteiger partial charge is 0.458 e. The molecule has 6 nitrogen and oxygen atoms in total. The molecule has 4 heterocycles. The Balaban J connectivity index is 1.25. The Morgan fingerprint density at radius 2 is 1.47 bits per heavy atom. The molecule has 266 valence electrons. The Morgan fingerprint density at radius 1 is 0.717 bits per heavy atom. The molecule has 53 heavy (non-hydrogen) atoms. The fourth-order valence-corrected chi connectivity index (χ4v) is 6.94. The van der Waals surface area contributed by atoms with Crippen LogP contribution in [0, 0.1) is 12.2 Å². The highest BCUT2D eigenvalue weighted by atomic mass is 16.5. The summed E-state index contributed by atoms with van der Waals surface area (Å²) in [5.41, 5.74) is 7.20. The lowest BCUT2D eigenvalue weighted by atomic mass is 9.88. The van der Waals surface area contributed by atoms with Crippen LogP contribution in [0.2, 0.25) is 0 Å². The summed E-state index contributed by atoms with van der Waals surface area (Å²) in [4.78, 5) is 10.0. The first-order valence-corrected chi connectivity index (χ1v) is 18.4. The average molecular weight is 700 g/mol. The lowest BCUT2D eigenvalue weighted by Crippen LogP contribution is -2.29. The quantitative estimate of drug-likeness (QED) is 0.123. The second-order valence-electron chi connectivity index (χ2n) is 16.2. The number of imidazole rings is 1. The first-order valence-electron chi connectivity index (χ1n) is 19.4. The Kier molecular flexibility index (Phi) is 7.85. The van der Waals surface area contributed by atoms with E-state index in [1.807, 2.05) is 83.8 Å². The maximum absolute atomic E-state index is 8.75. The van der Waals surface area contributed by atoms with Crippen molar-refractivity contribution in [2.24, 2.45) is 5.92 Å². The Bertz CT molecular complexity index is 2730. The number of fused-ring (bicyclic) bond motifs is 4. The monoisotopic (exact) mass is 699 g/mol. The van der Waals surface area contributed by atoms with E-state index in [1.165, 1.54) is 5.56 Å². The molecule has 0 N–H and O–H groups in total. The number of rotatable bonds is 7. The highest BCUT2D eigenvalue weighted by molar-refractivity contribution is 6.09. The van der Waals surface area contributed by atoms with Gasteiger partial charge in [-0.2, -0.15) is 0 Å². The van der Waals surface area contributed by atoms with Gasteiger partial charge in [-0.1, -0.05) is 116 Å². The van der Waals surface area contributed by atoms with E-state index in [9.17, 15) is 0 Å². The molecule has 0 saturated heterocycles. The van der Waals surface area contributed by atoms with Gasteiger partial charge >= 0.3 is 0 Å². The first kappa shape index (κ1) is 31.9. The second kappa shape index (κ2) is 13.0. The van der Waals surface area contributed by atoms with Gasteiger partial charge in [0.25, 0.3) is 6.33 Å². The zero-order valence-electron chi connectivity index (χ0n) is 33.8. The summed E-state index contributed by atoms with van der Waals surface area (Å²) in [6, 6.07) is 38.8. The van der Waals surface area contributed by atoms with Gasteiger partial charge in [0, 0.05) is 49.0 Å². The van der Waals surface area contributed by atoms with Crippen molar-refractivity contribution in [1.82, 2.24) is 19.1 Å². The van der Waals surface area contributed by atoms with Crippen molar-refractivity contribution < 1.29 is 12.0 Å². The normalized spacial score (nSPS) is 13.2. The topological polar surface area (TPSA) is 48.8 Å². The molecule has 0 spiro atoms. The molecule has 0 amide bonds. The van der Waals surface area contributed by atoms with Gasteiger partial charge in [0.1, 0.15) is 17.3 Å². The molecule has 0 aliphatic rings. The summed E-state index contributed by atoms with van der Waals surface area (Å²) in [5.74, 6) is 2.72. The summed E-state index contributed by atoms with van der Waals surface area (Å²) < 4.78 is 30.5. The Hall–Kier alpha value is -5.75. The lowest BCUT2D eigenvalue weighted by molar-refractivity contribution is -0.572. The van der Waals surface area contributed by atoms with Crippen LogP contribution >= 0.6 is 0 Å². The summed E-state index contributed by atoms with van der Waals surface area (Å²) in [5, 5.41) is 2.28. The molecular formula is C47H47N5O. The number of pyridine rings is 2. The third kappa shape index (κ3) is 6.59. The van der Waals surface area contributed by atoms with E-state index in [0.717, 1.165) is 50.0 Å². The van der Waals surface area contributed by atoms with Gasteiger partial charge in [0.15, 0.2) is 5.82 Å². The van der Waals surface area contributed by atoms with Gasteiger partial charge in [0.05, 0.1) is 27.8 Å². The first-order chi connectivity index (χ1) is 26.1. The van der Waals surface area contributed by atoms with Crippen LogP contribution in [-0.4, -0.2) is 19.1 Å². The zero-order valence-corrected chi connectivity index (χ0v) is 31.8. The number of benzene rings is 4. The average Bonchev–Trinajstić information content (AvgIpc) is 3.70. The standard InChI is InChI=1S/C47H47N5O/c1-31(2)24-32-14-13-15-34(25-32)50-30-51(41-19-12-11-18-40(41)50)45-29-36(28-43(49-45)47(6,7)8)53-35-20-21-38-37-16-9-10-17-39(37)52(42(38)27-35)44-26-33(22-23-48-44)46(3,4)5/h9-23,25-29,31H,24H2,1-8H3/i24D2. The fourth-order valence-electron chi connectivity index (χ4n) is 6.94. The van der Waals surface area contributed by atoms with E-state index in [-0.39, 0.29) is 16.7 Å². The third-order valence-electron chi connectivity index (χ3n) is 9.63. The van der Waals surface area contributed by atoms with Crippen LogP contribution < -0.4 is 9.30 Å². The third-order valence-corrected chi connectivity index (χ3v) is 9.63. The van der Waals surface area contributed by atoms with Crippen LogP contribution in [0.3, 0.4) is 0 Å². The van der Waals surface area contributed by atoms with Gasteiger partial charge in [-0.15, -0.1) is 0 Å². The van der Waals surface area contributed by atoms with E-state index in [4.69, 9.17) is 17.4 Å². The van der Waals surface area contributed by atoms with Gasteiger partial charge in [0.2, 0.25) is 0 Å². The Morgan fingerprint density at radius 3 is 2.25 bits per heavy atom. The van der Waals surface area contributed by atoms with Crippen LogP contribution in [-0.2, 0) is 17.2 Å². The fraction of sp³-hybridized carbons (Fsp3) is 0.255. The highest BCUT2D eigenvalue weighted by Crippen LogP contribution is 2.37. The van der Waals surface area contributed by atoms with Crippen LogP contribution in [0.15, 0.2) is 121 Å². The van der Waals surface area contributed by atoms with Crippen LogP contribution in [0.25, 0.3) is 50.2 Å². The molecule has 4 aromatic heterocycles. The van der Waals surface area contributed by atoms with Crippen molar-refractivity contribution in [2.75, 3.05) is 0 Å². The maximum Gasteiger partial charge on any atom is 0.271 e. The summed E-state index contributed by atoms with van der Waals surface area (Å²) in [7, 11) is 0. The molecule has 0 bridgehead atoms. The predicted molar refractivity (Wildman–Crippen MR) is 216 cm³/mol. The van der Waals surface area contributed by atoms with Crippen molar-refractivity contribution in [3.05, 3.63) is 145 Å². The number of para-hydroxylation sites is 3. The highest BCUT2D eigenvalue weighted by Gasteiger charge is 2.22. The molecule has 4 aromatic carbocycles. The van der Waals surface area contributed by atoms with E-state index in [1.54, 1.807) is 0 Å². The number of ether oxygens (including phenoxy) is 1. The van der Waals surface area contributed by atoms with Gasteiger partial charge in [-0.25, -0.2) is 4.98 Å². The van der Waals surface area contributed by atoms with E-state index in [0.29, 0.717) is 22.9 Å². The van der Waals surface area contributed by atoms with Crippen molar-refractivity contribution in [3.8, 4) is 28.8 Å². The number of aromatic nitrogens is 5. The number of nitrogens with zero attached hydrogens (tertiary/aromatic N) is 5. The van der Waals surface area contributed by atoms with Gasteiger partial charge < -0.3 is 4.74 Å². The van der Waals surface area contributed by atoms with Gasteiger partial charge in [-0.3, -0.25) is 18.7 Å². The second-order valence-corrected chi connectivity index (χ2v) is 16.2. The minimum absolute atomic E-state index is 0.0239. The van der Waals surface area contributed by atoms with Crippen LogP contribution in [0.1, 0.15) is 75.0 Å². The molecule has 0 radical (unpaired) electrons. The molecular weight excluding hydrogens is 651 g/mol. The van der Waals surface area contributed by atoms with Crippen molar-refractivity contribution >= 4 is 32.8 Å². The molecule has 0 atom stereocenters. The lowest BCUT2D eigenvalue weighted by Gasteiger charge is -2.20. The molecule has 8 aromatic rings. The minimum Gasteiger partial charge on any atom is -0.458 e. The predicted octanol–water partition coefficient (Wildman–Crippen LogP) is 11.2. The Labute approximate surface area is 315 Å². The van der Waals surface area contributed by atoms with Crippen LogP contribution in [0.4, 0.5) is 0 Å². The van der Waals surface area contributed by atoms with Crippen molar-refractivity contribution in [2.45, 2.75) is 72.6 Å². The number of hydrogen-bond acceptors (Lipinski definition) is 3. The number of hydrogen-bond donors (Lipinski definition) is 0. The molecule has 0 saturated carbocycles. The van der Waals surface area contributed by atoms with Gasteiger partial charge in [-0.05, 0) is 65.7 Å². The zero-order chi connectivity index (χ0) is 38.9. The summed E-state index contributed by atoms with van der Waals surface area (Å²) in [6.45, 7) is 16.9. The van der Waals surface area contributed by atoms with Crippen LogP contribution in [0.5, 0.6) is 11.5 Å². The molecule has 0 aliphatic carbocycles. The minimum atomic E-state index is -1.48. The maximum atomic E-state index is 8.75. The van der Waals surface area contributed by atoms with E-state index >= 15 is 0 Å². The molecule has 8 rings (SSSR count). The van der Waals surface area contributed by atoms with Crippen molar-refractivity contribution in [3.63, 3.8) is 0 Å². The smallest absolute Gasteiger partial charge is 0.271 e.